The van der Waals surface area contributed by atoms with Gasteiger partial charge in [0.15, 0.2) is 0 Å². The lowest BCUT2D eigenvalue weighted by Crippen LogP contribution is -2.07. The molecule has 0 saturated heterocycles. The van der Waals surface area contributed by atoms with Crippen LogP contribution in [0.15, 0.2) is 91.2 Å². The predicted molar refractivity (Wildman–Crippen MR) is 153 cm³/mol. The van der Waals surface area contributed by atoms with Crippen LogP contribution >= 0.6 is 0 Å². The summed E-state index contributed by atoms with van der Waals surface area (Å²) in [7, 11) is 0. The summed E-state index contributed by atoms with van der Waals surface area (Å²) in [5.74, 6) is 0.312. The maximum absolute atomic E-state index is 14.5. The van der Waals surface area contributed by atoms with Crippen molar-refractivity contribution in [1.29, 1.82) is 5.26 Å². The molecule has 0 aliphatic heterocycles. The number of nitrogens with zero attached hydrogens (tertiary/aromatic N) is 1. The number of rotatable bonds is 13. The molecule has 6 heteroatoms. The molecular weight excluding hydrogens is 508 g/mol. The number of allylic oxidation sites excluding steroid dienone is 1. The molecule has 0 N–H and O–H groups in total. The van der Waals surface area contributed by atoms with Crippen molar-refractivity contribution in [2.75, 3.05) is 0 Å². The Labute approximate surface area is 233 Å². The Kier molecular flexibility index (Phi) is 10.0. The van der Waals surface area contributed by atoms with Gasteiger partial charge in [-0.25, -0.2) is 8.78 Å². The first-order chi connectivity index (χ1) is 19.4. The summed E-state index contributed by atoms with van der Waals surface area (Å²) >= 11 is 0. The second-order valence-electron chi connectivity index (χ2n) is 9.72. The molecule has 4 aromatic carbocycles. The van der Waals surface area contributed by atoms with Crippen molar-refractivity contribution >= 4 is 16.7 Å². The highest BCUT2D eigenvalue weighted by atomic mass is 19.1. The van der Waals surface area contributed by atoms with Gasteiger partial charge in [-0.15, -0.1) is 0 Å². The van der Waals surface area contributed by atoms with Crippen LogP contribution < -0.4 is 9.47 Å². The van der Waals surface area contributed by atoms with Crippen molar-refractivity contribution in [2.24, 2.45) is 0 Å². The molecular formula is C34H31F2NO3. The van der Waals surface area contributed by atoms with Gasteiger partial charge in [-0.2, -0.15) is 5.26 Å². The third-order valence-electron chi connectivity index (χ3n) is 6.62. The number of halogens is 2. The van der Waals surface area contributed by atoms with Crippen molar-refractivity contribution in [2.45, 2.75) is 51.4 Å². The van der Waals surface area contributed by atoms with E-state index < -0.39 is 5.82 Å². The number of carbonyl (C=O) groups excluding carboxylic acids is 1. The molecule has 4 rings (SSSR count). The average Bonchev–Trinajstić information content (AvgIpc) is 2.95. The predicted octanol–water partition coefficient (Wildman–Crippen LogP) is 9.28. The van der Waals surface area contributed by atoms with Gasteiger partial charge in [0, 0.05) is 24.5 Å². The Balaban J connectivity index is 1.08. The molecule has 4 nitrogen and oxygen atoms in total. The largest absolute Gasteiger partial charge is 0.462 e. The smallest absolute Gasteiger partial charge is 0.311 e. The zero-order valence-electron chi connectivity index (χ0n) is 22.3. The number of benzene rings is 4. The number of ether oxygens (including phenoxy) is 2. The maximum Gasteiger partial charge on any atom is 0.311 e. The van der Waals surface area contributed by atoms with E-state index >= 15 is 0 Å². The normalized spacial score (nSPS) is 10.7. The van der Waals surface area contributed by atoms with Gasteiger partial charge < -0.3 is 9.47 Å². The number of carbonyl (C=O) groups is 1. The summed E-state index contributed by atoms with van der Waals surface area (Å²) in [4.78, 5) is 12.2. The zero-order chi connectivity index (χ0) is 28.3. The first kappa shape index (κ1) is 28.5. The van der Waals surface area contributed by atoms with Crippen LogP contribution in [0.2, 0.25) is 0 Å². The summed E-state index contributed by atoms with van der Waals surface area (Å²) < 4.78 is 38.7. The molecule has 0 aliphatic rings. The fourth-order valence-electron chi connectivity index (χ4n) is 4.48. The van der Waals surface area contributed by atoms with Crippen LogP contribution in [0.5, 0.6) is 11.5 Å². The van der Waals surface area contributed by atoms with Crippen LogP contribution in [-0.4, -0.2) is 5.97 Å². The van der Waals surface area contributed by atoms with Crippen molar-refractivity contribution in [3.05, 3.63) is 108 Å². The van der Waals surface area contributed by atoms with Gasteiger partial charge in [0.05, 0.1) is 17.4 Å². The fraction of sp³-hybridized carbons (Fsp3) is 0.235. The molecule has 0 unspecified atom stereocenters. The van der Waals surface area contributed by atoms with Gasteiger partial charge in [-0.05, 0) is 77.7 Å². The lowest BCUT2D eigenvalue weighted by molar-refractivity contribution is -0.134. The Bertz CT molecular complexity index is 1520. The SMILES string of the molecule is C=C(CCCCCCCCC(=O)Oc1ccc(-c2ccc(F)cc2)c(F)c1)Oc1ccc2cc(C#N)ccc2c1. The number of hydrogen-bond acceptors (Lipinski definition) is 4. The van der Waals surface area contributed by atoms with E-state index in [1.165, 1.54) is 36.4 Å². The summed E-state index contributed by atoms with van der Waals surface area (Å²) in [5.41, 5.74) is 1.50. The minimum Gasteiger partial charge on any atom is -0.462 e. The molecule has 0 aromatic heterocycles. The van der Waals surface area contributed by atoms with E-state index in [4.69, 9.17) is 14.7 Å². The molecule has 0 bridgehead atoms. The maximum atomic E-state index is 14.5. The van der Waals surface area contributed by atoms with Gasteiger partial charge in [-0.3, -0.25) is 4.79 Å². The first-order valence-corrected chi connectivity index (χ1v) is 13.5. The Morgan fingerprint density at radius 3 is 2.08 bits per heavy atom. The highest BCUT2D eigenvalue weighted by Gasteiger charge is 2.10. The van der Waals surface area contributed by atoms with Crippen molar-refractivity contribution in [1.82, 2.24) is 0 Å². The fourth-order valence-corrected chi connectivity index (χ4v) is 4.48. The third kappa shape index (κ3) is 8.25. The molecule has 0 aliphatic carbocycles. The van der Waals surface area contributed by atoms with E-state index in [0.717, 1.165) is 60.8 Å². The molecule has 0 amide bonds. The van der Waals surface area contributed by atoms with Crippen LogP contribution in [0.25, 0.3) is 21.9 Å². The molecule has 0 heterocycles. The summed E-state index contributed by atoms with van der Waals surface area (Å²) in [6.45, 7) is 4.03. The highest BCUT2D eigenvalue weighted by Crippen LogP contribution is 2.27. The number of hydrogen-bond donors (Lipinski definition) is 0. The van der Waals surface area contributed by atoms with Crippen LogP contribution in [0.4, 0.5) is 8.78 Å². The molecule has 204 valence electrons. The number of nitriles is 1. The third-order valence-corrected chi connectivity index (χ3v) is 6.62. The lowest BCUT2D eigenvalue weighted by Gasteiger charge is -2.10. The van der Waals surface area contributed by atoms with Gasteiger partial charge in [-0.1, -0.05) is 56.5 Å². The number of unbranched alkanes of at least 4 members (excludes halogenated alkanes) is 5. The van der Waals surface area contributed by atoms with E-state index in [1.54, 1.807) is 12.1 Å². The minimum absolute atomic E-state index is 0.160. The summed E-state index contributed by atoms with van der Waals surface area (Å²) in [6, 6.07) is 23.3. The van der Waals surface area contributed by atoms with Gasteiger partial charge in [0.1, 0.15) is 23.1 Å². The molecule has 0 radical (unpaired) electrons. The van der Waals surface area contributed by atoms with Gasteiger partial charge in [0.25, 0.3) is 0 Å². The molecule has 0 fully saturated rings. The van der Waals surface area contributed by atoms with Crippen LogP contribution in [-0.2, 0) is 4.79 Å². The quantitative estimate of drug-likeness (QED) is 0.0735. The summed E-state index contributed by atoms with van der Waals surface area (Å²) in [6.07, 6.45) is 6.74. The topological polar surface area (TPSA) is 59.3 Å². The van der Waals surface area contributed by atoms with Crippen molar-refractivity contribution in [3.8, 4) is 28.7 Å². The van der Waals surface area contributed by atoms with Gasteiger partial charge >= 0.3 is 5.97 Å². The van der Waals surface area contributed by atoms with E-state index in [-0.39, 0.29) is 24.0 Å². The van der Waals surface area contributed by atoms with E-state index in [1.807, 2.05) is 30.3 Å². The lowest BCUT2D eigenvalue weighted by atomic mass is 10.0. The zero-order valence-corrected chi connectivity index (χ0v) is 22.3. The van der Waals surface area contributed by atoms with E-state index in [9.17, 15) is 13.6 Å². The van der Waals surface area contributed by atoms with Gasteiger partial charge in [0.2, 0.25) is 0 Å². The molecule has 40 heavy (non-hydrogen) atoms. The second-order valence-corrected chi connectivity index (χ2v) is 9.72. The molecule has 0 spiro atoms. The Hall–Kier alpha value is -4.50. The van der Waals surface area contributed by atoms with Crippen LogP contribution in [0.3, 0.4) is 0 Å². The average molecular weight is 540 g/mol. The van der Waals surface area contributed by atoms with Crippen LogP contribution in [0.1, 0.15) is 56.9 Å². The monoisotopic (exact) mass is 539 g/mol. The standard InChI is InChI=1S/C34H31F2NO3/c1-24(39-30-17-14-27-20-25(23-37)10-11-28(27)21-30)8-6-4-2-3-5-7-9-34(38)40-31-18-19-32(33(36)22-31)26-12-15-29(35)16-13-26/h10-22H,1-9H2. The van der Waals surface area contributed by atoms with Crippen molar-refractivity contribution in [3.63, 3.8) is 0 Å². The highest BCUT2D eigenvalue weighted by molar-refractivity contribution is 5.85. The van der Waals surface area contributed by atoms with Crippen LogP contribution in [0, 0.1) is 23.0 Å². The van der Waals surface area contributed by atoms with E-state index in [2.05, 4.69) is 12.6 Å². The minimum atomic E-state index is -0.530. The molecule has 4 aromatic rings. The number of fused-ring (bicyclic) bond motifs is 1. The second kappa shape index (κ2) is 14.0. The van der Waals surface area contributed by atoms with Crippen molar-refractivity contribution < 1.29 is 23.0 Å². The Morgan fingerprint density at radius 2 is 1.35 bits per heavy atom. The molecule has 0 saturated carbocycles. The summed E-state index contributed by atoms with van der Waals surface area (Å²) in [5, 5.41) is 11.0. The molecule has 0 atom stereocenters. The number of esters is 1. The first-order valence-electron chi connectivity index (χ1n) is 13.5. The van der Waals surface area contributed by atoms with E-state index in [0.29, 0.717) is 23.1 Å². The Morgan fingerprint density at radius 1 is 0.725 bits per heavy atom.